The summed E-state index contributed by atoms with van der Waals surface area (Å²) in [5.74, 6) is -2.35. The van der Waals surface area contributed by atoms with Crippen molar-refractivity contribution >= 4 is 17.3 Å². The number of ether oxygens (including phenoxy) is 1. The molecule has 10 nitrogen and oxygen atoms in total. The molecule has 0 unspecified atom stereocenters. The van der Waals surface area contributed by atoms with E-state index in [1.807, 2.05) is 0 Å². The number of nitrogens with two attached hydrogens (primary N) is 1. The van der Waals surface area contributed by atoms with E-state index in [1.165, 1.54) is 24.5 Å². The normalized spacial score (nSPS) is 17.9. The lowest BCUT2D eigenvalue weighted by Crippen LogP contribution is -2.40. The molecule has 13 heteroatoms. The number of hydrogen-bond donors (Lipinski definition) is 2. The molecule has 0 spiro atoms. The minimum Gasteiger partial charge on any atom is -0.474 e. The summed E-state index contributed by atoms with van der Waals surface area (Å²) in [5, 5.41) is 6.87. The van der Waals surface area contributed by atoms with Crippen LogP contribution in [0, 0.1) is 0 Å². The fourth-order valence-electron chi connectivity index (χ4n) is 4.60. The van der Waals surface area contributed by atoms with Crippen LogP contribution in [0.2, 0.25) is 0 Å². The van der Waals surface area contributed by atoms with Gasteiger partial charge in [0.05, 0.1) is 11.7 Å². The Hall–Kier alpha value is -4.42. The van der Waals surface area contributed by atoms with E-state index in [0.29, 0.717) is 36.8 Å². The van der Waals surface area contributed by atoms with Crippen molar-refractivity contribution in [1.29, 1.82) is 0 Å². The number of nitrogens with one attached hydrogen (secondary N) is 1. The molecular weight excluding hydrogens is 503 g/mol. The number of amides is 2. The number of carbonyl (C=O) groups excluding carboxylic acids is 2. The summed E-state index contributed by atoms with van der Waals surface area (Å²) in [6.45, 7) is 0. The first kappa shape index (κ1) is 25.2. The summed E-state index contributed by atoms with van der Waals surface area (Å²) >= 11 is 0. The van der Waals surface area contributed by atoms with E-state index in [2.05, 4.69) is 20.4 Å². The van der Waals surface area contributed by atoms with Crippen LogP contribution in [-0.2, 0) is 13.2 Å². The molecule has 0 aliphatic heterocycles. The number of nitrogens with zero attached hydrogens (tertiary/aromatic N) is 5. The Morgan fingerprint density at radius 1 is 1.11 bits per heavy atom. The lowest BCUT2D eigenvalue weighted by molar-refractivity contribution is -0.145. The van der Waals surface area contributed by atoms with Gasteiger partial charge in [-0.2, -0.15) is 18.3 Å². The lowest BCUT2D eigenvalue weighted by atomic mass is 9.93. The molecular formula is C25H24F3N7O3. The standard InChI is InChI=1S/C25H24F3N7O3/c1-34-12-15(11-31-34)14-4-9-19-20(33-24(25(26,27)28)35(19)13-14)22(37)32-16-5-7-17(8-6-16)38-23-18(21(29)36)3-2-10-30-23/h2-4,9-13,16-17H,5-8H2,1H3,(H2,29,36)(H,32,37). The average molecular weight is 528 g/mol. The van der Waals surface area contributed by atoms with Crippen LogP contribution in [0.25, 0.3) is 16.6 Å². The first-order valence-corrected chi connectivity index (χ1v) is 11.9. The third kappa shape index (κ3) is 5.04. The Balaban J connectivity index is 1.31. The van der Waals surface area contributed by atoms with Crippen LogP contribution in [0.15, 0.2) is 49.1 Å². The van der Waals surface area contributed by atoms with E-state index >= 15 is 0 Å². The Morgan fingerprint density at radius 2 is 1.87 bits per heavy atom. The fourth-order valence-corrected chi connectivity index (χ4v) is 4.60. The van der Waals surface area contributed by atoms with Crippen LogP contribution in [0.4, 0.5) is 13.2 Å². The number of carbonyl (C=O) groups is 2. The molecule has 5 rings (SSSR count). The highest BCUT2D eigenvalue weighted by atomic mass is 19.4. The second-order valence-electron chi connectivity index (χ2n) is 9.14. The lowest BCUT2D eigenvalue weighted by Gasteiger charge is -2.29. The van der Waals surface area contributed by atoms with Crippen molar-refractivity contribution in [2.45, 2.75) is 44.0 Å². The second-order valence-corrected chi connectivity index (χ2v) is 9.14. The minimum atomic E-state index is -4.76. The molecule has 0 aromatic carbocycles. The van der Waals surface area contributed by atoms with Gasteiger partial charge in [-0.25, -0.2) is 9.97 Å². The summed E-state index contributed by atoms with van der Waals surface area (Å²) in [5.41, 5.74) is 6.44. The molecule has 1 saturated carbocycles. The van der Waals surface area contributed by atoms with Gasteiger partial charge in [-0.1, -0.05) is 6.07 Å². The minimum absolute atomic E-state index is 0.0496. The number of rotatable bonds is 6. The number of alkyl halides is 3. The third-order valence-electron chi connectivity index (χ3n) is 6.47. The van der Waals surface area contributed by atoms with Crippen molar-refractivity contribution in [3.05, 3.63) is 66.1 Å². The van der Waals surface area contributed by atoms with E-state index in [4.69, 9.17) is 10.5 Å². The molecule has 1 aliphatic rings. The van der Waals surface area contributed by atoms with Crippen molar-refractivity contribution < 1.29 is 27.5 Å². The number of halogens is 3. The summed E-state index contributed by atoms with van der Waals surface area (Å²) in [6, 6.07) is 5.92. The van der Waals surface area contributed by atoms with Crippen LogP contribution in [0.5, 0.6) is 5.88 Å². The number of pyridine rings is 2. The predicted molar refractivity (Wildman–Crippen MR) is 129 cm³/mol. The molecule has 0 radical (unpaired) electrons. The zero-order valence-electron chi connectivity index (χ0n) is 20.3. The molecule has 0 saturated heterocycles. The highest BCUT2D eigenvalue weighted by Gasteiger charge is 2.38. The van der Waals surface area contributed by atoms with Crippen molar-refractivity contribution in [2.24, 2.45) is 12.8 Å². The summed E-state index contributed by atoms with van der Waals surface area (Å²) in [7, 11) is 1.71. The number of fused-ring (bicyclic) bond motifs is 1. The second kappa shape index (κ2) is 9.80. The van der Waals surface area contributed by atoms with Crippen LogP contribution in [-0.4, -0.2) is 48.1 Å². The van der Waals surface area contributed by atoms with Crippen LogP contribution >= 0.6 is 0 Å². The van der Waals surface area contributed by atoms with E-state index in [-0.39, 0.29) is 34.8 Å². The van der Waals surface area contributed by atoms with Gasteiger partial charge in [0.1, 0.15) is 11.7 Å². The van der Waals surface area contributed by atoms with Gasteiger partial charge in [0.25, 0.3) is 11.8 Å². The first-order chi connectivity index (χ1) is 18.1. The van der Waals surface area contributed by atoms with E-state index < -0.39 is 23.8 Å². The molecule has 2 amide bonds. The molecule has 3 N–H and O–H groups in total. The predicted octanol–water partition coefficient (Wildman–Crippen LogP) is 3.37. The SMILES string of the molecule is Cn1cc(-c2ccc3c(C(=O)NC4CCC(Oc5ncccc5C(N)=O)CC4)nc(C(F)(F)F)n3c2)cn1. The summed E-state index contributed by atoms with van der Waals surface area (Å²) in [4.78, 5) is 32.4. The van der Waals surface area contributed by atoms with Gasteiger partial charge in [0, 0.05) is 42.8 Å². The van der Waals surface area contributed by atoms with Gasteiger partial charge in [0.2, 0.25) is 11.7 Å². The Labute approximate surface area is 214 Å². The maximum Gasteiger partial charge on any atom is 0.450 e. The molecule has 38 heavy (non-hydrogen) atoms. The van der Waals surface area contributed by atoms with E-state index in [1.54, 1.807) is 36.3 Å². The Bertz CT molecular complexity index is 1500. The molecule has 4 heterocycles. The Morgan fingerprint density at radius 3 is 2.53 bits per heavy atom. The molecule has 1 fully saturated rings. The van der Waals surface area contributed by atoms with Crippen molar-refractivity contribution in [2.75, 3.05) is 0 Å². The van der Waals surface area contributed by atoms with Crippen LogP contribution < -0.4 is 15.8 Å². The highest BCUT2D eigenvalue weighted by Crippen LogP contribution is 2.32. The molecule has 0 bridgehead atoms. The third-order valence-corrected chi connectivity index (χ3v) is 6.47. The van der Waals surface area contributed by atoms with Crippen molar-refractivity contribution in [3.63, 3.8) is 0 Å². The van der Waals surface area contributed by atoms with Gasteiger partial charge in [-0.05, 0) is 43.9 Å². The molecule has 4 aromatic heterocycles. The van der Waals surface area contributed by atoms with E-state index in [9.17, 15) is 22.8 Å². The van der Waals surface area contributed by atoms with Crippen LogP contribution in [0.3, 0.4) is 0 Å². The highest BCUT2D eigenvalue weighted by molar-refractivity contribution is 5.99. The van der Waals surface area contributed by atoms with Crippen molar-refractivity contribution in [3.8, 4) is 17.0 Å². The number of primary amides is 1. The number of aromatic nitrogens is 5. The smallest absolute Gasteiger partial charge is 0.450 e. The van der Waals surface area contributed by atoms with E-state index in [0.717, 1.165) is 4.40 Å². The topological polar surface area (TPSA) is 129 Å². The van der Waals surface area contributed by atoms with Crippen LogP contribution in [0.1, 0.15) is 52.4 Å². The first-order valence-electron chi connectivity index (χ1n) is 11.9. The van der Waals surface area contributed by atoms with Crippen molar-refractivity contribution in [1.82, 2.24) is 29.5 Å². The largest absolute Gasteiger partial charge is 0.474 e. The molecule has 1 aliphatic carbocycles. The summed E-state index contributed by atoms with van der Waals surface area (Å²) < 4.78 is 49.7. The zero-order valence-corrected chi connectivity index (χ0v) is 20.3. The average Bonchev–Trinajstić information content (AvgIpc) is 3.49. The molecule has 0 atom stereocenters. The van der Waals surface area contributed by atoms with Gasteiger partial charge in [0.15, 0.2) is 5.69 Å². The maximum atomic E-state index is 13.8. The fraction of sp³-hybridized carbons (Fsp3) is 0.320. The molecule has 198 valence electrons. The quantitative estimate of drug-likeness (QED) is 0.396. The van der Waals surface area contributed by atoms with Gasteiger partial charge < -0.3 is 15.8 Å². The van der Waals surface area contributed by atoms with Gasteiger partial charge in [-0.3, -0.25) is 18.7 Å². The monoisotopic (exact) mass is 527 g/mol. The summed E-state index contributed by atoms with van der Waals surface area (Å²) in [6.07, 6.45) is 3.17. The number of imidazole rings is 1. The number of hydrogen-bond acceptors (Lipinski definition) is 6. The molecule has 4 aromatic rings. The van der Waals surface area contributed by atoms with Gasteiger partial charge in [-0.15, -0.1) is 0 Å². The van der Waals surface area contributed by atoms with Gasteiger partial charge >= 0.3 is 6.18 Å². The number of aryl methyl sites for hydroxylation is 1. The maximum absolute atomic E-state index is 13.8. The Kier molecular flexibility index (Phi) is 6.51. The zero-order chi connectivity index (χ0) is 27.0.